The van der Waals surface area contributed by atoms with Gasteiger partial charge >= 0.3 is 0 Å². The highest BCUT2D eigenvalue weighted by atomic mass is 16.5. The van der Waals surface area contributed by atoms with Crippen LogP contribution in [0.4, 0.5) is 0 Å². The van der Waals surface area contributed by atoms with Crippen LogP contribution in [0, 0.1) is 0 Å². The first-order valence-electron chi connectivity index (χ1n) is 18.6. The molecule has 0 amide bonds. The smallest absolute Gasteiger partial charge is 0.168 e. The maximum Gasteiger partial charge on any atom is 0.168 e. The van der Waals surface area contributed by atoms with Gasteiger partial charge in [0.15, 0.2) is 6.29 Å². The van der Waals surface area contributed by atoms with Gasteiger partial charge in [0.1, 0.15) is 30.1 Å². The van der Waals surface area contributed by atoms with Gasteiger partial charge in [-0.1, -0.05) is 86.0 Å². The number of aryl methyl sites for hydroxylation is 1. The van der Waals surface area contributed by atoms with E-state index in [4.69, 9.17) is 14.6 Å². The van der Waals surface area contributed by atoms with Crippen LogP contribution in [0.1, 0.15) is 45.3 Å². The van der Waals surface area contributed by atoms with Crippen molar-refractivity contribution < 1.29 is 24.2 Å². The van der Waals surface area contributed by atoms with Crippen molar-refractivity contribution in [2.24, 2.45) is 0 Å². The van der Waals surface area contributed by atoms with Gasteiger partial charge in [0, 0.05) is 45.8 Å². The van der Waals surface area contributed by atoms with E-state index >= 15 is 0 Å². The zero-order valence-electron chi connectivity index (χ0n) is 32.5. The number of benzene rings is 5. The van der Waals surface area contributed by atoms with Gasteiger partial charge < -0.3 is 24.0 Å². The third-order valence-electron chi connectivity index (χ3n) is 8.60. The van der Waals surface area contributed by atoms with Crippen LogP contribution in [0.5, 0.6) is 11.5 Å². The number of ether oxygens (including phenoxy) is 2. The highest BCUT2D eigenvalue weighted by Gasteiger charge is 2.08. The Morgan fingerprint density at radius 1 is 0.679 bits per heavy atom. The van der Waals surface area contributed by atoms with Crippen molar-refractivity contribution >= 4 is 57.4 Å². The maximum absolute atomic E-state index is 10.4. The maximum atomic E-state index is 10.4. The first kappa shape index (κ1) is 42.4. The summed E-state index contributed by atoms with van der Waals surface area (Å²) in [7, 11) is 4.08. The Morgan fingerprint density at radius 2 is 1.29 bits per heavy atom. The van der Waals surface area contributed by atoms with Crippen LogP contribution in [0.3, 0.4) is 0 Å². The van der Waals surface area contributed by atoms with Crippen molar-refractivity contribution in [2.45, 2.75) is 19.9 Å². The fourth-order valence-corrected chi connectivity index (χ4v) is 5.76. The normalized spacial score (nSPS) is 10.3. The molecule has 0 radical (unpaired) electrons. The van der Waals surface area contributed by atoms with Crippen LogP contribution in [0.25, 0.3) is 44.9 Å². The number of nitrogens with zero attached hydrogens (tertiary/aromatic N) is 3. The summed E-state index contributed by atoms with van der Waals surface area (Å²) in [6, 6.07) is 41.1. The second-order valence-electron chi connectivity index (χ2n) is 12.8. The molecular weight excluding hydrogens is 699 g/mol. The van der Waals surface area contributed by atoms with E-state index in [-0.39, 0.29) is 6.61 Å². The Morgan fingerprint density at radius 3 is 1.91 bits per heavy atom. The third kappa shape index (κ3) is 12.6. The van der Waals surface area contributed by atoms with Gasteiger partial charge in [0.25, 0.3) is 0 Å². The SMILES string of the molecule is C=Cc1ccc(OCCO)cc1.C=Cc1ccc2c(c1)c1ccccc1n2CC.CN(C)CCCOc1ccc(C=O)cc1.O=Cc1ccc2ccccc2n1. The van der Waals surface area contributed by atoms with E-state index in [9.17, 15) is 9.59 Å². The Kier molecular flexibility index (Phi) is 17.2. The predicted molar refractivity (Wildman–Crippen MR) is 232 cm³/mol. The number of aldehydes is 2. The summed E-state index contributed by atoms with van der Waals surface area (Å²) >= 11 is 0. The minimum Gasteiger partial charge on any atom is -0.494 e. The summed E-state index contributed by atoms with van der Waals surface area (Å²) < 4.78 is 13.0. The molecule has 1 N–H and O–H groups in total. The standard InChI is InChI=1S/C16H15N.C12H17NO2.C10H7NO.C10H12O2/c1-3-12-9-10-16-14(11-12)13-7-5-6-8-15(13)17(16)4-2;1-13(2)8-3-9-15-12-6-4-11(10-14)5-7-12;12-7-9-6-5-8-3-1-2-4-10(8)11-9;1-2-9-3-5-10(6-4-9)12-8-7-11/h3,5-11H,1,4H2,2H3;4-7,10H,3,8-9H2,1-2H3;1-7H;2-6,11H,1,7-8H2. The zero-order chi connectivity index (χ0) is 40.1. The molecule has 0 spiro atoms. The lowest BCUT2D eigenvalue weighted by Crippen LogP contribution is -2.15. The molecule has 0 unspecified atom stereocenters. The first-order chi connectivity index (χ1) is 27.3. The Labute approximate surface area is 330 Å². The monoisotopic (exact) mass is 749 g/mol. The van der Waals surface area contributed by atoms with Crippen LogP contribution in [-0.2, 0) is 6.54 Å². The lowest BCUT2D eigenvalue weighted by Gasteiger charge is -2.10. The summed E-state index contributed by atoms with van der Waals surface area (Å²) in [6.07, 6.45) is 6.26. The Bertz CT molecular complexity index is 2290. The number of carbonyl (C=O) groups is 2. The van der Waals surface area contributed by atoms with E-state index in [0.717, 1.165) is 60.0 Å². The number of para-hydroxylation sites is 2. The van der Waals surface area contributed by atoms with Gasteiger partial charge in [-0.05, 0) is 105 Å². The second kappa shape index (κ2) is 22.8. The summed E-state index contributed by atoms with van der Waals surface area (Å²) in [5, 5.41) is 12.2. The van der Waals surface area contributed by atoms with E-state index in [1.54, 1.807) is 24.3 Å². The van der Waals surface area contributed by atoms with Crippen LogP contribution in [-0.4, -0.2) is 72.6 Å². The molecule has 0 aliphatic rings. The third-order valence-corrected chi connectivity index (χ3v) is 8.60. The number of fused-ring (bicyclic) bond motifs is 4. The van der Waals surface area contributed by atoms with E-state index in [1.165, 1.54) is 27.4 Å². The van der Waals surface area contributed by atoms with Crippen molar-refractivity contribution in [1.29, 1.82) is 0 Å². The number of pyridine rings is 1. The molecule has 8 heteroatoms. The van der Waals surface area contributed by atoms with Crippen molar-refractivity contribution in [3.63, 3.8) is 0 Å². The average Bonchev–Trinajstić information content (AvgIpc) is 3.58. The number of hydrogen-bond acceptors (Lipinski definition) is 7. The molecule has 5 aromatic carbocycles. The highest BCUT2D eigenvalue weighted by Crippen LogP contribution is 2.29. The number of rotatable bonds is 13. The van der Waals surface area contributed by atoms with Crippen molar-refractivity contribution in [1.82, 2.24) is 14.5 Å². The summed E-state index contributed by atoms with van der Waals surface area (Å²) in [4.78, 5) is 27.0. The molecule has 7 rings (SSSR count). The number of hydrogen-bond donors (Lipinski definition) is 1. The molecule has 0 bridgehead atoms. The number of aromatic nitrogens is 2. The molecule has 0 aliphatic carbocycles. The quantitative estimate of drug-likeness (QED) is 0.0927. The summed E-state index contributed by atoms with van der Waals surface area (Å²) in [5.74, 6) is 1.59. The molecule has 2 aromatic heterocycles. The van der Waals surface area contributed by atoms with Gasteiger partial charge in [-0.2, -0.15) is 0 Å². The van der Waals surface area contributed by atoms with Crippen LogP contribution >= 0.6 is 0 Å². The van der Waals surface area contributed by atoms with Crippen molar-refractivity contribution in [3.8, 4) is 11.5 Å². The van der Waals surface area contributed by atoms with Gasteiger partial charge in [-0.25, -0.2) is 4.98 Å². The second-order valence-corrected chi connectivity index (χ2v) is 12.8. The number of aliphatic hydroxyl groups is 1. The largest absolute Gasteiger partial charge is 0.494 e. The van der Waals surface area contributed by atoms with Gasteiger partial charge in [0.2, 0.25) is 0 Å². The predicted octanol–water partition coefficient (Wildman–Crippen LogP) is 10.0. The molecule has 8 nitrogen and oxygen atoms in total. The number of aliphatic hydroxyl groups excluding tert-OH is 1. The van der Waals surface area contributed by atoms with E-state index in [1.807, 2.05) is 86.9 Å². The summed E-state index contributed by atoms with van der Waals surface area (Å²) in [6.45, 7) is 12.8. The topological polar surface area (TPSA) is 93.9 Å². The molecule has 2 heterocycles. The molecule has 0 aliphatic heterocycles. The molecule has 56 heavy (non-hydrogen) atoms. The van der Waals surface area contributed by atoms with Gasteiger partial charge in [-0.3, -0.25) is 9.59 Å². The van der Waals surface area contributed by atoms with Gasteiger partial charge in [-0.15, -0.1) is 0 Å². The van der Waals surface area contributed by atoms with E-state index in [2.05, 4.69) is 77.0 Å². The lowest BCUT2D eigenvalue weighted by atomic mass is 10.1. The highest BCUT2D eigenvalue weighted by molar-refractivity contribution is 6.08. The zero-order valence-corrected chi connectivity index (χ0v) is 32.5. The molecular formula is C48H51N3O5. The minimum atomic E-state index is 0.0449. The molecule has 0 saturated carbocycles. The van der Waals surface area contributed by atoms with E-state index in [0.29, 0.717) is 24.5 Å². The van der Waals surface area contributed by atoms with Crippen LogP contribution < -0.4 is 9.47 Å². The molecule has 0 fully saturated rings. The van der Waals surface area contributed by atoms with Crippen LogP contribution in [0.2, 0.25) is 0 Å². The Balaban J connectivity index is 0.000000168. The fourth-order valence-electron chi connectivity index (χ4n) is 5.76. The molecule has 7 aromatic rings. The fraction of sp³-hybridized carbons (Fsp3) is 0.188. The molecule has 288 valence electrons. The molecule has 0 atom stereocenters. The summed E-state index contributed by atoms with van der Waals surface area (Å²) in [5.41, 5.74) is 6.87. The minimum absolute atomic E-state index is 0.0449. The van der Waals surface area contributed by atoms with Crippen molar-refractivity contribution in [3.05, 3.63) is 163 Å². The number of carbonyl (C=O) groups excluding carboxylic acids is 2. The first-order valence-corrected chi connectivity index (χ1v) is 18.6. The Hall–Kier alpha value is -6.35. The van der Waals surface area contributed by atoms with Gasteiger partial charge in [0.05, 0.1) is 18.7 Å². The van der Waals surface area contributed by atoms with Crippen LogP contribution in [0.15, 0.2) is 141 Å². The average molecular weight is 750 g/mol. The van der Waals surface area contributed by atoms with E-state index < -0.39 is 0 Å². The molecule has 0 saturated heterocycles. The van der Waals surface area contributed by atoms with Crippen molar-refractivity contribution in [2.75, 3.05) is 40.5 Å². The lowest BCUT2D eigenvalue weighted by molar-refractivity contribution is 0.111.